The van der Waals surface area contributed by atoms with Crippen LogP contribution in [0.4, 0.5) is 5.82 Å². The Morgan fingerprint density at radius 1 is 1.07 bits per heavy atom. The molecule has 1 amide bonds. The molecule has 5 heterocycles. The predicted octanol–water partition coefficient (Wildman–Crippen LogP) is 4.27. The molecule has 1 unspecified atom stereocenters. The van der Waals surface area contributed by atoms with Crippen LogP contribution in [-0.4, -0.2) is 73.5 Å². The molecule has 3 N–H and O–H groups in total. The molecular weight excluding hydrogens is 554 g/mol. The SMILES string of the molecule is C=CC(=O)N1CCC(NC2CCc3cc(-n4c(-c5cccnc5N)nc5ccc(-n6cccn6)nc54)ccc32)CC1.COC. The number of aryl methyl sites for hydroxylation is 1. The van der Waals surface area contributed by atoms with Gasteiger partial charge in [0.25, 0.3) is 0 Å². The lowest BCUT2D eigenvalue weighted by Gasteiger charge is -2.33. The summed E-state index contributed by atoms with van der Waals surface area (Å²) >= 11 is 0. The molecule has 226 valence electrons. The molecule has 0 saturated carbocycles. The van der Waals surface area contributed by atoms with Crippen molar-refractivity contribution in [3.05, 3.63) is 90.9 Å². The van der Waals surface area contributed by atoms with Gasteiger partial charge in [0.05, 0.1) is 5.56 Å². The van der Waals surface area contributed by atoms with Gasteiger partial charge in [-0.15, -0.1) is 0 Å². The van der Waals surface area contributed by atoms with Gasteiger partial charge in [-0.05, 0) is 85.4 Å². The third-order valence-corrected chi connectivity index (χ3v) is 8.19. The number of anilines is 1. The summed E-state index contributed by atoms with van der Waals surface area (Å²) in [5, 5.41) is 8.23. The molecule has 0 spiro atoms. The third kappa shape index (κ3) is 5.71. The summed E-state index contributed by atoms with van der Waals surface area (Å²) in [5.74, 6) is 1.85. The first-order chi connectivity index (χ1) is 21.5. The number of nitrogen functional groups attached to an aromatic ring is 1. The molecule has 1 saturated heterocycles. The van der Waals surface area contributed by atoms with Gasteiger partial charge in [0.1, 0.15) is 11.3 Å². The summed E-state index contributed by atoms with van der Waals surface area (Å²) in [7, 11) is 3.25. The number of pyridine rings is 2. The van der Waals surface area contributed by atoms with E-state index in [-0.39, 0.29) is 5.91 Å². The van der Waals surface area contributed by atoms with Gasteiger partial charge in [0.15, 0.2) is 17.3 Å². The van der Waals surface area contributed by atoms with Gasteiger partial charge in [-0.25, -0.2) is 19.6 Å². The minimum atomic E-state index is 0.0212. The van der Waals surface area contributed by atoms with Crippen molar-refractivity contribution >= 4 is 22.9 Å². The van der Waals surface area contributed by atoms with Crippen LogP contribution < -0.4 is 11.1 Å². The molecule has 2 aliphatic rings. The number of amides is 1. The summed E-state index contributed by atoms with van der Waals surface area (Å²) < 4.78 is 8.06. The zero-order valence-corrected chi connectivity index (χ0v) is 25.1. The highest BCUT2D eigenvalue weighted by molar-refractivity contribution is 5.87. The van der Waals surface area contributed by atoms with Crippen LogP contribution in [0.2, 0.25) is 0 Å². The number of nitrogens with zero attached hydrogens (tertiary/aromatic N) is 7. The number of hydrogen-bond donors (Lipinski definition) is 2. The first-order valence-electron chi connectivity index (χ1n) is 14.8. The predicted molar refractivity (Wildman–Crippen MR) is 171 cm³/mol. The van der Waals surface area contributed by atoms with Crippen LogP contribution in [0.15, 0.2) is 79.8 Å². The van der Waals surface area contributed by atoms with Crippen LogP contribution >= 0.6 is 0 Å². The molecule has 11 heteroatoms. The second-order valence-electron chi connectivity index (χ2n) is 11.0. The van der Waals surface area contributed by atoms with Crippen molar-refractivity contribution in [1.82, 2.24) is 39.5 Å². The molecule has 1 fully saturated rings. The van der Waals surface area contributed by atoms with Gasteiger partial charge in [0.2, 0.25) is 5.91 Å². The number of rotatable bonds is 6. The summed E-state index contributed by atoms with van der Waals surface area (Å²) in [6.07, 6.45) is 10.6. The minimum Gasteiger partial charge on any atom is -0.388 e. The maximum Gasteiger partial charge on any atom is 0.245 e. The smallest absolute Gasteiger partial charge is 0.245 e. The van der Waals surface area contributed by atoms with Crippen LogP contribution in [0.5, 0.6) is 0 Å². The molecule has 1 aliphatic carbocycles. The van der Waals surface area contributed by atoms with Crippen molar-refractivity contribution in [1.29, 1.82) is 0 Å². The highest BCUT2D eigenvalue weighted by atomic mass is 16.4. The van der Waals surface area contributed by atoms with E-state index in [1.807, 2.05) is 41.4 Å². The molecule has 0 bridgehead atoms. The van der Waals surface area contributed by atoms with Crippen molar-refractivity contribution in [3.8, 4) is 22.9 Å². The van der Waals surface area contributed by atoms with Crippen LogP contribution in [0.3, 0.4) is 0 Å². The summed E-state index contributed by atoms with van der Waals surface area (Å²) in [6.45, 7) is 5.15. The van der Waals surface area contributed by atoms with Crippen molar-refractivity contribution in [2.45, 2.75) is 37.8 Å². The Labute approximate surface area is 256 Å². The molecule has 1 aromatic carbocycles. The van der Waals surface area contributed by atoms with Gasteiger partial charge >= 0.3 is 0 Å². The number of imidazole rings is 1. The highest BCUT2D eigenvalue weighted by Crippen LogP contribution is 2.36. The maximum absolute atomic E-state index is 12.0. The number of likely N-dealkylation sites (tertiary alicyclic amines) is 1. The molecular formula is C33H37N9O2. The van der Waals surface area contributed by atoms with Gasteiger partial charge in [-0.3, -0.25) is 9.36 Å². The highest BCUT2D eigenvalue weighted by Gasteiger charge is 2.29. The van der Waals surface area contributed by atoms with E-state index in [2.05, 4.69) is 49.5 Å². The molecule has 4 aromatic heterocycles. The van der Waals surface area contributed by atoms with Crippen LogP contribution in [-0.2, 0) is 16.0 Å². The van der Waals surface area contributed by atoms with Gasteiger partial charge in [-0.2, -0.15) is 5.10 Å². The monoisotopic (exact) mass is 591 g/mol. The Balaban J connectivity index is 0.00000110. The Morgan fingerprint density at radius 3 is 2.61 bits per heavy atom. The number of methoxy groups -OCH3 is 1. The van der Waals surface area contributed by atoms with Crippen LogP contribution in [0.1, 0.15) is 36.4 Å². The first-order valence-corrected chi connectivity index (χ1v) is 14.8. The van der Waals surface area contributed by atoms with Crippen LogP contribution in [0.25, 0.3) is 34.1 Å². The second kappa shape index (κ2) is 12.8. The summed E-state index contributed by atoms with van der Waals surface area (Å²) in [5.41, 5.74) is 12.2. The zero-order chi connectivity index (χ0) is 30.6. The standard InChI is InChI=1S/C31H31N9O.C2H6O/c1-2-28(41)38-17-12-21(13-18-38)35-25-9-6-20-19-22(7-8-23(20)25)40-30(24-5-3-14-33-29(24)32)36-26-10-11-27(37-31(26)40)39-16-4-15-34-39;1-3-2/h2-5,7-8,10-11,14-16,19,21,25,35H,1,6,9,12-13,17-18H2,(H2,32,33);1-2H3. The van der Waals surface area contributed by atoms with E-state index in [9.17, 15) is 4.79 Å². The van der Waals surface area contributed by atoms with E-state index in [1.54, 1.807) is 31.3 Å². The van der Waals surface area contributed by atoms with Gasteiger partial charge in [0, 0.05) is 63.7 Å². The number of nitrogens with two attached hydrogens (primary N) is 1. The number of carbonyl (C=O) groups excluding carboxylic acids is 1. The number of ether oxygens (including phenoxy) is 1. The Hall–Kier alpha value is -4.87. The largest absolute Gasteiger partial charge is 0.388 e. The number of piperidine rings is 1. The number of benzene rings is 1. The lowest BCUT2D eigenvalue weighted by atomic mass is 10.0. The summed E-state index contributed by atoms with van der Waals surface area (Å²) in [6, 6.07) is 16.9. The van der Waals surface area contributed by atoms with E-state index in [4.69, 9.17) is 15.7 Å². The fourth-order valence-electron chi connectivity index (χ4n) is 6.11. The maximum atomic E-state index is 12.0. The lowest BCUT2D eigenvalue weighted by Crippen LogP contribution is -2.45. The summed E-state index contributed by atoms with van der Waals surface area (Å²) in [4.78, 5) is 28.1. The Bertz CT molecular complexity index is 1770. The Kier molecular flexibility index (Phi) is 8.49. The fraction of sp³-hybridized carbons (Fsp3) is 0.303. The van der Waals surface area contributed by atoms with Gasteiger partial charge < -0.3 is 20.7 Å². The van der Waals surface area contributed by atoms with E-state index in [0.717, 1.165) is 61.2 Å². The average molecular weight is 592 g/mol. The number of fused-ring (bicyclic) bond motifs is 2. The molecule has 5 aromatic rings. The number of nitrogens with one attached hydrogen (secondary N) is 1. The fourth-order valence-corrected chi connectivity index (χ4v) is 6.11. The molecule has 0 radical (unpaired) electrons. The van der Waals surface area contributed by atoms with E-state index < -0.39 is 0 Å². The quantitative estimate of drug-likeness (QED) is 0.280. The van der Waals surface area contributed by atoms with E-state index in [0.29, 0.717) is 29.5 Å². The normalized spacial score (nSPS) is 16.4. The molecule has 11 nitrogen and oxygen atoms in total. The number of aromatic nitrogens is 6. The van der Waals surface area contributed by atoms with E-state index >= 15 is 0 Å². The van der Waals surface area contributed by atoms with Crippen molar-refractivity contribution in [2.24, 2.45) is 0 Å². The van der Waals surface area contributed by atoms with Crippen molar-refractivity contribution in [3.63, 3.8) is 0 Å². The molecule has 44 heavy (non-hydrogen) atoms. The number of carbonyl (C=O) groups is 1. The molecule has 1 atom stereocenters. The first kappa shape index (κ1) is 29.2. The second-order valence-corrected chi connectivity index (χ2v) is 11.0. The van der Waals surface area contributed by atoms with Gasteiger partial charge in [-0.1, -0.05) is 12.6 Å². The molecule has 1 aliphatic heterocycles. The van der Waals surface area contributed by atoms with Crippen molar-refractivity contribution in [2.75, 3.05) is 33.0 Å². The number of hydrogen-bond acceptors (Lipinski definition) is 8. The van der Waals surface area contributed by atoms with Crippen LogP contribution in [0, 0.1) is 0 Å². The minimum absolute atomic E-state index is 0.0212. The molecule has 7 rings (SSSR count). The third-order valence-electron chi connectivity index (χ3n) is 8.19. The Morgan fingerprint density at radius 2 is 1.89 bits per heavy atom. The van der Waals surface area contributed by atoms with Crippen molar-refractivity contribution < 1.29 is 9.53 Å². The average Bonchev–Trinajstić information content (AvgIpc) is 3.80. The zero-order valence-electron chi connectivity index (χ0n) is 25.1. The van der Waals surface area contributed by atoms with E-state index in [1.165, 1.54) is 17.2 Å². The topological polar surface area (TPSA) is 129 Å². The lowest BCUT2D eigenvalue weighted by molar-refractivity contribution is -0.127.